The highest BCUT2D eigenvalue weighted by Crippen LogP contribution is 2.38. The first-order chi connectivity index (χ1) is 10.7. The molecule has 0 saturated heterocycles. The monoisotopic (exact) mass is 300 g/mol. The number of nitrogens with one attached hydrogen (secondary N) is 1. The second-order valence-electron chi connectivity index (χ2n) is 5.24. The molecule has 0 amide bonds. The molecule has 2 heterocycles. The SMILES string of the molecule is CCc1nnc(Nc2cccc3c2OCCC3O)nc1CC. The first kappa shape index (κ1) is 14.7. The van der Waals surface area contributed by atoms with Gasteiger partial charge < -0.3 is 15.2 Å². The summed E-state index contributed by atoms with van der Waals surface area (Å²) in [6.07, 6.45) is 1.76. The van der Waals surface area contributed by atoms with Gasteiger partial charge in [-0.25, -0.2) is 4.98 Å². The van der Waals surface area contributed by atoms with Gasteiger partial charge in [-0.1, -0.05) is 26.0 Å². The Bertz CT molecular complexity index is 675. The molecule has 0 radical (unpaired) electrons. The van der Waals surface area contributed by atoms with Gasteiger partial charge in [0.15, 0.2) is 0 Å². The zero-order valence-corrected chi connectivity index (χ0v) is 12.8. The summed E-state index contributed by atoms with van der Waals surface area (Å²) in [4.78, 5) is 4.52. The number of para-hydroxylation sites is 1. The molecule has 0 aliphatic carbocycles. The Hall–Kier alpha value is -2.21. The fraction of sp³-hybridized carbons (Fsp3) is 0.438. The number of aryl methyl sites for hydroxylation is 2. The van der Waals surface area contributed by atoms with Crippen molar-refractivity contribution in [3.63, 3.8) is 0 Å². The third-order valence-electron chi connectivity index (χ3n) is 3.80. The molecule has 2 N–H and O–H groups in total. The lowest BCUT2D eigenvalue weighted by atomic mass is 10.0. The topological polar surface area (TPSA) is 80.2 Å². The molecule has 116 valence electrons. The fourth-order valence-electron chi connectivity index (χ4n) is 2.62. The quantitative estimate of drug-likeness (QED) is 0.903. The van der Waals surface area contributed by atoms with Crippen molar-refractivity contribution in [3.8, 4) is 5.75 Å². The lowest BCUT2D eigenvalue weighted by molar-refractivity contribution is 0.116. The summed E-state index contributed by atoms with van der Waals surface area (Å²) in [6.45, 7) is 4.60. The molecule has 0 saturated carbocycles. The third kappa shape index (κ3) is 2.74. The highest BCUT2D eigenvalue weighted by atomic mass is 16.5. The van der Waals surface area contributed by atoms with E-state index in [1.807, 2.05) is 25.1 Å². The molecule has 0 spiro atoms. The molecule has 1 aliphatic rings. The smallest absolute Gasteiger partial charge is 0.247 e. The van der Waals surface area contributed by atoms with Crippen LogP contribution in [0.3, 0.4) is 0 Å². The van der Waals surface area contributed by atoms with Gasteiger partial charge in [-0.05, 0) is 18.9 Å². The predicted octanol–water partition coefficient (Wildman–Crippen LogP) is 2.56. The number of hydrogen-bond donors (Lipinski definition) is 2. The average molecular weight is 300 g/mol. The first-order valence-corrected chi connectivity index (χ1v) is 7.66. The zero-order chi connectivity index (χ0) is 15.5. The minimum atomic E-state index is -0.488. The molecule has 1 unspecified atom stereocenters. The summed E-state index contributed by atoms with van der Waals surface area (Å²) < 4.78 is 5.70. The molecule has 0 fully saturated rings. The first-order valence-electron chi connectivity index (χ1n) is 7.66. The average Bonchev–Trinajstić information content (AvgIpc) is 2.55. The number of ether oxygens (including phenoxy) is 1. The van der Waals surface area contributed by atoms with Gasteiger partial charge >= 0.3 is 0 Å². The van der Waals surface area contributed by atoms with Crippen LogP contribution in [-0.2, 0) is 12.8 Å². The maximum atomic E-state index is 10.1. The number of aliphatic hydroxyl groups is 1. The van der Waals surface area contributed by atoms with Gasteiger partial charge in [0.2, 0.25) is 5.95 Å². The van der Waals surface area contributed by atoms with E-state index >= 15 is 0 Å². The molecule has 2 aromatic rings. The van der Waals surface area contributed by atoms with Gasteiger partial charge in [0.25, 0.3) is 0 Å². The Labute approximate surface area is 129 Å². The molecule has 1 aromatic carbocycles. The van der Waals surface area contributed by atoms with Crippen molar-refractivity contribution in [1.82, 2.24) is 15.2 Å². The highest BCUT2D eigenvalue weighted by Gasteiger charge is 2.22. The summed E-state index contributed by atoms with van der Waals surface area (Å²) in [5, 5.41) is 21.6. The number of aromatic nitrogens is 3. The van der Waals surface area contributed by atoms with Crippen molar-refractivity contribution in [2.24, 2.45) is 0 Å². The van der Waals surface area contributed by atoms with Crippen molar-refractivity contribution >= 4 is 11.6 Å². The molecule has 1 atom stereocenters. The second kappa shape index (κ2) is 6.27. The van der Waals surface area contributed by atoms with Gasteiger partial charge in [0.05, 0.1) is 29.8 Å². The van der Waals surface area contributed by atoms with E-state index in [-0.39, 0.29) is 0 Å². The molecule has 6 heteroatoms. The number of aliphatic hydroxyl groups excluding tert-OH is 1. The van der Waals surface area contributed by atoms with Gasteiger partial charge in [-0.3, -0.25) is 0 Å². The Morgan fingerprint density at radius 3 is 2.82 bits per heavy atom. The van der Waals surface area contributed by atoms with E-state index in [4.69, 9.17) is 4.74 Å². The van der Waals surface area contributed by atoms with E-state index < -0.39 is 6.10 Å². The number of anilines is 2. The molecular weight excluding hydrogens is 280 g/mol. The van der Waals surface area contributed by atoms with Crippen LogP contribution in [0.25, 0.3) is 0 Å². The molecule has 6 nitrogen and oxygen atoms in total. The van der Waals surface area contributed by atoms with E-state index in [0.29, 0.717) is 24.7 Å². The van der Waals surface area contributed by atoms with Gasteiger partial charge in [0.1, 0.15) is 5.75 Å². The Kier molecular flexibility index (Phi) is 4.20. The van der Waals surface area contributed by atoms with Crippen LogP contribution in [0.4, 0.5) is 11.6 Å². The van der Waals surface area contributed by atoms with Gasteiger partial charge in [0, 0.05) is 12.0 Å². The van der Waals surface area contributed by atoms with Crippen LogP contribution >= 0.6 is 0 Å². The number of nitrogens with zero attached hydrogens (tertiary/aromatic N) is 3. The van der Waals surface area contributed by atoms with E-state index in [1.165, 1.54) is 0 Å². The minimum absolute atomic E-state index is 0.450. The fourth-order valence-corrected chi connectivity index (χ4v) is 2.62. The van der Waals surface area contributed by atoms with Crippen molar-refractivity contribution < 1.29 is 9.84 Å². The number of hydrogen-bond acceptors (Lipinski definition) is 6. The summed E-state index contributed by atoms with van der Waals surface area (Å²) in [6, 6.07) is 5.65. The molecule has 1 aliphatic heterocycles. The maximum absolute atomic E-state index is 10.1. The van der Waals surface area contributed by atoms with E-state index in [0.717, 1.165) is 35.5 Å². The van der Waals surface area contributed by atoms with Crippen molar-refractivity contribution in [2.45, 2.75) is 39.2 Å². The molecule has 0 bridgehead atoms. The van der Waals surface area contributed by atoms with Crippen LogP contribution < -0.4 is 10.1 Å². The lowest BCUT2D eigenvalue weighted by Gasteiger charge is -2.24. The van der Waals surface area contributed by atoms with E-state index in [1.54, 1.807) is 0 Å². The highest BCUT2D eigenvalue weighted by molar-refractivity contribution is 5.66. The predicted molar refractivity (Wildman–Crippen MR) is 83.4 cm³/mol. The summed E-state index contributed by atoms with van der Waals surface area (Å²) in [5.41, 5.74) is 3.43. The second-order valence-corrected chi connectivity index (χ2v) is 5.24. The maximum Gasteiger partial charge on any atom is 0.247 e. The largest absolute Gasteiger partial charge is 0.491 e. The van der Waals surface area contributed by atoms with Crippen LogP contribution in [-0.4, -0.2) is 26.9 Å². The van der Waals surface area contributed by atoms with Crippen LogP contribution in [0, 0.1) is 0 Å². The van der Waals surface area contributed by atoms with Crippen LogP contribution in [0.2, 0.25) is 0 Å². The van der Waals surface area contributed by atoms with Gasteiger partial charge in [-0.2, -0.15) is 0 Å². The van der Waals surface area contributed by atoms with Crippen LogP contribution in [0.15, 0.2) is 18.2 Å². The summed E-state index contributed by atoms with van der Waals surface area (Å²) in [7, 11) is 0. The lowest BCUT2D eigenvalue weighted by Crippen LogP contribution is -2.15. The molecular formula is C16H20N4O2. The standard InChI is InChI=1S/C16H20N4O2/c1-3-11-12(4-2)19-20-16(17-11)18-13-7-5-6-10-14(21)8-9-22-15(10)13/h5-7,14,21H,3-4,8-9H2,1-2H3,(H,17,18,20). The van der Waals surface area contributed by atoms with E-state index in [2.05, 4.69) is 27.4 Å². The number of benzene rings is 1. The normalized spacial score (nSPS) is 16.8. The van der Waals surface area contributed by atoms with Crippen molar-refractivity contribution in [2.75, 3.05) is 11.9 Å². The van der Waals surface area contributed by atoms with Crippen LogP contribution in [0.5, 0.6) is 5.75 Å². The van der Waals surface area contributed by atoms with Crippen molar-refractivity contribution in [3.05, 3.63) is 35.2 Å². The molecule has 1 aromatic heterocycles. The molecule has 22 heavy (non-hydrogen) atoms. The zero-order valence-electron chi connectivity index (χ0n) is 12.8. The summed E-state index contributed by atoms with van der Waals surface area (Å²) >= 11 is 0. The van der Waals surface area contributed by atoms with E-state index in [9.17, 15) is 5.11 Å². The van der Waals surface area contributed by atoms with Gasteiger partial charge in [-0.15, -0.1) is 10.2 Å². The number of fused-ring (bicyclic) bond motifs is 1. The number of rotatable bonds is 4. The Morgan fingerprint density at radius 2 is 2.05 bits per heavy atom. The minimum Gasteiger partial charge on any atom is -0.491 e. The molecule has 3 rings (SSSR count). The van der Waals surface area contributed by atoms with Crippen LogP contribution in [0.1, 0.15) is 43.3 Å². The Balaban J connectivity index is 1.92. The summed E-state index contributed by atoms with van der Waals surface area (Å²) in [5.74, 6) is 1.12. The Morgan fingerprint density at radius 1 is 1.23 bits per heavy atom. The third-order valence-corrected chi connectivity index (χ3v) is 3.80. The van der Waals surface area contributed by atoms with Crippen molar-refractivity contribution in [1.29, 1.82) is 0 Å².